The summed E-state index contributed by atoms with van der Waals surface area (Å²) < 4.78 is 6.64. The fourth-order valence-electron chi connectivity index (χ4n) is 2.01. The smallest absolute Gasteiger partial charge is 0.265 e. The molecule has 0 saturated heterocycles. The van der Waals surface area contributed by atoms with Gasteiger partial charge < -0.3 is 4.74 Å². The molecule has 0 spiro atoms. The fraction of sp³-hybridized carbons (Fsp3) is 0.188. The quantitative estimate of drug-likeness (QED) is 0.506. The largest absolute Gasteiger partial charge is 0.489 e. The van der Waals surface area contributed by atoms with Crippen molar-refractivity contribution in [3.8, 4) is 5.75 Å². The lowest BCUT2D eigenvalue weighted by atomic mass is 10.1. The number of nitrogens with two attached hydrogens (primary N) is 1. The van der Waals surface area contributed by atoms with Crippen LogP contribution in [0.4, 0.5) is 0 Å². The van der Waals surface area contributed by atoms with Gasteiger partial charge in [0.15, 0.2) is 0 Å². The summed E-state index contributed by atoms with van der Waals surface area (Å²) in [6.07, 6.45) is 0. The number of ether oxygens (including phenoxy) is 1. The summed E-state index contributed by atoms with van der Waals surface area (Å²) in [5.74, 6) is 5.65. The van der Waals surface area contributed by atoms with Crippen molar-refractivity contribution in [2.45, 2.75) is 20.5 Å². The van der Waals surface area contributed by atoms with Crippen molar-refractivity contribution in [2.75, 3.05) is 0 Å². The molecule has 0 aromatic heterocycles. The van der Waals surface area contributed by atoms with Crippen LogP contribution in [0, 0.1) is 13.8 Å². The van der Waals surface area contributed by atoms with E-state index in [-0.39, 0.29) is 5.91 Å². The Labute approximate surface area is 132 Å². The molecular formula is C16H17BrN2O2. The molecule has 3 N–H and O–H groups in total. The number of carbonyl (C=O) groups excluding carboxylic acids is 1. The predicted octanol–water partition coefficient (Wildman–Crippen LogP) is 3.25. The van der Waals surface area contributed by atoms with Crippen LogP contribution in [0.15, 0.2) is 40.9 Å². The third kappa shape index (κ3) is 3.83. The lowest BCUT2D eigenvalue weighted by Crippen LogP contribution is -2.29. The highest BCUT2D eigenvalue weighted by molar-refractivity contribution is 9.10. The first-order chi connectivity index (χ1) is 10.0. The number of halogens is 1. The van der Waals surface area contributed by atoms with E-state index in [0.717, 1.165) is 21.3 Å². The summed E-state index contributed by atoms with van der Waals surface area (Å²) in [5, 5.41) is 0. The van der Waals surface area contributed by atoms with Gasteiger partial charge in [0, 0.05) is 15.6 Å². The highest BCUT2D eigenvalue weighted by Crippen LogP contribution is 2.23. The van der Waals surface area contributed by atoms with Crippen LogP contribution >= 0.6 is 15.9 Å². The lowest BCUT2D eigenvalue weighted by Gasteiger charge is -2.11. The molecule has 21 heavy (non-hydrogen) atoms. The lowest BCUT2D eigenvalue weighted by molar-refractivity contribution is 0.0953. The van der Waals surface area contributed by atoms with E-state index in [1.165, 1.54) is 5.56 Å². The standard InChI is InChI=1S/C16H17BrN2O2/c1-10-3-6-15(11(2)7-10)21-9-13-5-4-12(8-14(13)17)16(20)19-18/h3-8H,9,18H2,1-2H3,(H,19,20). The summed E-state index contributed by atoms with van der Waals surface area (Å²) in [6, 6.07) is 11.4. The van der Waals surface area contributed by atoms with Crippen molar-refractivity contribution in [3.63, 3.8) is 0 Å². The Morgan fingerprint density at radius 2 is 2.00 bits per heavy atom. The van der Waals surface area contributed by atoms with E-state index in [0.29, 0.717) is 12.2 Å². The van der Waals surface area contributed by atoms with Crippen molar-refractivity contribution in [3.05, 3.63) is 63.1 Å². The number of nitrogens with one attached hydrogen (secondary N) is 1. The maximum atomic E-state index is 11.4. The summed E-state index contributed by atoms with van der Waals surface area (Å²) in [4.78, 5) is 11.4. The van der Waals surface area contributed by atoms with Crippen LogP contribution in [0.25, 0.3) is 0 Å². The molecule has 0 radical (unpaired) electrons. The molecule has 0 aliphatic rings. The zero-order valence-electron chi connectivity index (χ0n) is 11.9. The number of nitrogen functional groups attached to an aromatic ring is 1. The minimum atomic E-state index is -0.322. The van der Waals surface area contributed by atoms with Gasteiger partial charge in [0.1, 0.15) is 12.4 Å². The Balaban J connectivity index is 2.11. The maximum Gasteiger partial charge on any atom is 0.265 e. The van der Waals surface area contributed by atoms with E-state index < -0.39 is 0 Å². The van der Waals surface area contributed by atoms with Crippen LogP contribution in [-0.2, 0) is 6.61 Å². The molecule has 0 aliphatic carbocycles. The molecule has 2 aromatic rings. The first kappa shape index (κ1) is 15.5. The number of hydrogen-bond acceptors (Lipinski definition) is 3. The number of carbonyl (C=O) groups is 1. The second-order valence-electron chi connectivity index (χ2n) is 4.84. The van der Waals surface area contributed by atoms with Crippen molar-refractivity contribution < 1.29 is 9.53 Å². The van der Waals surface area contributed by atoms with Gasteiger partial charge >= 0.3 is 0 Å². The van der Waals surface area contributed by atoms with Crippen molar-refractivity contribution in [1.82, 2.24) is 5.43 Å². The Hall–Kier alpha value is -1.85. The number of rotatable bonds is 4. The number of hydrogen-bond donors (Lipinski definition) is 2. The fourth-order valence-corrected chi connectivity index (χ4v) is 2.50. The van der Waals surface area contributed by atoms with Crippen LogP contribution in [0.3, 0.4) is 0 Å². The third-order valence-electron chi connectivity index (χ3n) is 3.16. The topological polar surface area (TPSA) is 64.3 Å². The Morgan fingerprint density at radius 3 is 2.62 bits per heavy atom. The normalized spacial score (nSPS) is 10.3. The van der Waals surface area contributed by atoms with E-state index in [1.54, 1.807) is 12.1 Å². The van der Waals surface area contributed by atoms with Crippen molar-refractivity contribution >= 4 is 21.8 Å². The van der Waals surface area contributed by atoms with E-state index in [4.69, 9.17) is 10.6 Å². The Bertz CT molecular complexity index is 671. The predicted molar refractivity (Wildman–Crippen MR) is 86.0 cm³/mol. The second-order valence-corrected chi connectivity index (χ2v) is 5.69. The summed E-state index contributed by atoms with van der Waals surface area (Å²) >= 11 is 3.45. The molecule has 0 fully saturated rings. The first-order valence-corrected chi connectivity index (χ1v) is 7.30. The number of amides is 1. The van der Waals surface area contributed by atoms with Crippen LogP contribution in [0.1, 0.15) is 27.0 Å². The molecule has 110 valence electrons. The molecule has 2 rings (SSSR count). The minimum Gasteiger partial charge on any atom is -0.489 e. The summed E-state index contributed by atoms with van der Waals surface area (Å²) in [7, 11) is 0. The van der Waals surface area contributed by atoms with Gasteiger partial charge in [-0.2, -0.15) is 0 Å². The van der Waals surface area contributed by atoms with Gasteiger partial charge in [-0.1, -0.05) is 39.7 Å². The van der Waals surface area contributed by atoms with Crippen molar-refractivity contribution in [1.29, 1.82) is 0 Å². The van der Waals surface area contributed by atoms with Crippen LogP contribution in [-0.4, -0.2) is 5.91 Å². The monoisotopic (exact) mass is 348 g/mol. The molecular weight excluding hydrogens is 332 g/mol. The van der Waals surface area contributed by atoms with E-state index >= 15 is 0 Å². The third-order valence-corrected chi connectivity index (χ3v) is 3.90. The molecule has 5 heteroatoms. The number of benzene rings is 2. The first-order valence-electron chi connectivity index (χ1n) is 6.50. The van der Waals surface area contributed by atoms with Gasteiger partial charge in [0.25, 0.3) is 5.91 Å². The Morgan fingerprint density at radius 1 is 1.24 bits per heavy atom. The second kappa shape index (κ2) is 6.74. The Kier molecular flexibility index (Phi) is 4.98. The van der Waals surface area contributed by atoms with Gasteiger partial charge in [-0.3, -0.25) is 10.2 Å². The van der Waals surface area contributed by atoms with Gasteiger partial charge in [0.2, 0.25) is 0 Å². The molecule has 4 nitrogen and oxygen atoms in total. The zero-order valence-corrected chi connectivity index (χ0v) is 13.5. The van der Waals surface area contributed by atoms with E-state index in [9.17, 15) is 4.79 Å². The molecule has 0 unspecified atom stereocenters. The average molecular weight is 349 g/mol. The molecule has 0 heterocycles. The number of aryl methyl sites for hydroxylation is 2. The molecule has 0 atom stereocenters. The molecule has 2 aromatic carbocycles. The van der Waals surface area contributed by atoms with Gasteiger partial charge in [-0.25, -0.2) is 5.84 Å². The van der Waals surface area contributed by atoms with Crippen LogP contribution in [0.5, 0.6) is 5.75 Å². The van der Waals surface area contributed by atoms with Gasteiger partial charge in [-0.15, -0.1) is 0 Å². The molecule has 0 aliphatic heterocycles. The highest BCUT2D eigenvalue weighted by Gasteiger charge is 2.08. The van der Waals surface area contributed by atoms with Crippen LogP contribution in [0.2, 0.25) is 0 Å². The molecule has 0 saturated carbocycles. The van der Waals surface area contributed by atoms with Gasteiger partial charge in [0.05, 0.1) is 0 Å². The summed E-state index contributed by atoms with van der Waals surface area (Å²) in [5.41, 5.74) is 5.88. The van der Waals surface area contributed by atoms with Crippen LogP contribution < -0.4 is 16.0 Å². The van der Waals surface area contributed by atoms with E-state index in [1.807, 2.05) is 25.1 Å². The van der Waals surface area contributed by atoms with Crippen molar-refractivity contribution in [2.24, 2.45) is 5.84 Å². The molecule has 0 bridgehead atoms. The number of hydrazine groups is 1. The summed E-state index contributed by atoms with van der Waals surface area (Å²) in [6.45, 7) is 4.50. The minimum absolute atomic E-state index is 0.322. The highest BCUT2D eigenvalue weighted by atomic mass is 79.9. The molecule has 1 amide bonds. The maximum absolute atomic E-state index is 11.4. The SMILES string of the molecule is Cc1ccc(OCc2ccc(C(=O)NN)cc2Br)c(C)c1. The zero-order chi connectivity index (χ0) is 15.4. The van der Waals surface area contributed by atoms with Gasteiger partial charge in [-0.05, 0) is 37.6 Å². The average Bonchev–Trinajstić information content (AvgIpc) is 2.46. The van der Waals surface area contributed by atoms with E-state index in [2.05, 4.69) is 34.3 Å².